The summed E-state index contributed by atoms with van der Waals surface area (Å²) >= 11 is 0. The van der Waals surface area contributed by atoms with Gasteiger partial charge in [-0.1, -0.05) is 12.1 Å². The van der Waals surface area contributed by atoms with Crippen molar-refractivity contribution in [3.63, 3.8) is 0 Å². The van der Waals surface area contributed by atoms with Gasteiger partial charge in [-0.15, -0.1) is 0 Å². The molecule has 0 aliphatic carbocycles. The molecule has 0 spiro atoms. The van der Waals surface area contributed by atoms with Crippen LogP contribution in [0.4, 0.5) is 0 Å². The SMILES string of the molecule is COc1ccc([C@H](O)[C@H](C)n2cccn2)cc1. The van der Waals surface area contributed by atoms with E-state index in [-0.39, 0.29) is 6.04 Å². The Balaban J connectivity index is 2.16. The van der Waals surface area contributed by atoms with Crippen LogP contribution in [-0.4, -0.2) is 22.0 Å². The minimum absolute atomic E-state index is 0.0987. The molecule has 0 amide bonds. The van der Waals surface area contributed by atoms with Gasteiger partial charge in [0.1, 0.15) is 11.9 Å². The molecular formula is C13H16N2O2. The third-order valence-electron chi connectivity index (χ3n) is 2.86. The van der Waals surface area contributed by atoms with Crippen LogP contribution < -0.4 is 4.74 Å². The number of nitrogens with zero attached hydrogens (tertiary/aromatic N) is 2. The van der Waals surface area contributed by atoms with Crippen LogP contribution in [0.2, 0.25) is 0 Å². The maximum Gasteiger partial charge on any atom is 0.118 e. The summed E-state index contributed by atoms with van der Waals surface area (Å²) in [5, 5.41) is 14.4. The molecule has 0 saturated carbocycles. The molecule has 1 heterocycles. The minimum atomic E-state index is -0.583. The Morgan fingerprint density at radius 3 is 2.53 bits per heavy atom. The number of aliphatic hydroxyl groups is 1. The summed E-state index contributed by atoms with van der Waals surface area (Å²) in [4.78, 5) is 0. The highest BCUT2D eigenvalue weighted by Crippen LogP contribution is 2.26. The van der Waals surface area contributed by atoms with Gasteiger partial charge in [-0.25, -0.2) is 0 Å². The number of benzene rings is 1. The van der Waals surface area contributed by atoms with Crippen molar-refractivity contribution in [3.8, 4) is 5.75 Å². The van der Waals surface area contributed by atoms with Gasteiger partial charge in [0.25, 0.3) is 0 Å². The summed E-state index contributed by atoms with van der Waals surface area (Å²) < 4.78 is 6.83. The molecule has 0 aliphatic heterocycles. The lowest BCUT2D eigenvalue weighted by Crippen LogP contribution is -2.15. The van der Waals surface area contributed by atoms with Crippen molar-refractivity contribution in [1.29, 1.82) is 0 Å². The number of methoxy groups -OCH3 is 1. The van der Waals surface area contributed by atoms with Crippen molar-refractivity contribution in [2.75, 3.05) is 7.11 Å². The van der Waals surface area contributed by atoms with E-state index in [2.05, 4.69) is 5.10 Å². The monoisotopic (exact) mass is 232 g/mol. The van der Waals surface area contributed by atoms with Crippen LogP contribution in [0.3, 0.4) is 0 Å². The number of aliphatic hydroxyl groups excluding tert-OH is 1. The molecule has 0 unspecified atom stereocenters. The van der Waals surface area contributed by atoms with Gasteiger partial charge in [0.05, 0.1) is 13.2 Å². The summed E-state index contributed by atoms with van der Waals surface area (Å²) in [7, 11) is 1.62. The maximum atomic E-state index is 10.2. The summed E-state index contributed by atoms with van der Waals surface area (Å²) in [5.74, 6) is 0.785. The van der Waals surface area contributed by atoms with Gasteiger partial charge in [0, 0.05) is 12.4 Å². The van der Waals surface area contributed by atoms with Gasteiger partial charge in [0.2, 0.25) is 0 Å². The fraction of sp³-hybridized carbons (Fsp3) is 0.308. The Labute approximate surface area is 100 Å². The molecule has 17 heavy (non-hydrogen) atoms. The highest BCUT2D eigenvalue weighted by molar-refractivity contribution is 5.28. The molecule has 1 aromatic heterocycles. The van der Waals surface area contributed by atoms with Crippen LogP contribution in [0, 0.1) is 0 Å². The van der Waals surface area contributed by atoms with Gasteiger partial charge >= 0.3 is 0 Å². The molecular weight excluding hydrogens is 216 g/mol. The highest BCUT2D eigenvalue weighted by Gasteiger charge is 2.17. The molecule has 2 rings (SSSR count). The van der Waals surface area contributed by atoms with Gasteiger partial charge < -0.3 is 9.84 Å². The van der Waals surface area contributed by atoms with Crippen molar-refractivity contribution in [2.45, 2.75) is 19.1 Å². The third-order valence-corrected chi connectivity index (χ3v) is 2.86. The average Bonchev–Trinajstić information content (AvgIpc) is 2.91. The zero-order valence-corrected chi connectivity index (χ0v) is 9.95. The molecule has 2 aromatic rings. The first kappa shape index (κ1) is 11.7. The van der Waals surface area contributed by atoms with Crippen LogP contribution >= 0.6 is 0 Å². The summed E-state index contributed by atoms with van der Waals surface area (Å²) in [5.41, 5.74) is 0.855. The van der Waals surface area contributed by atoms with Crippen molar-refractivity contribution >= 4 is 0 Å². The second kappa shape index (κ2) is 5.01. The fourth-order valence-corrected chi connectivity index (χ4v) is 1.75. The number of ether oxygens (including phenoxy) is 1. The predicted molar refractivity (Wildman–Crippen MR) is 64.9 cm³/mol. The molecule has 1 aromatic carbocycles. The molecule has 0 aliphatic rings. The minimum Gasteiger partial charge on any atom is -0.497 e. The number of hydrogen-bond donors (Lipinski definition) is 1. The van der Waals surface area contributed by atoms with Crippen LogP contribution in [0.15, 0.2) is 42.7 Å². The van der Waals surface area contributed by atoms with Crippen molar-refractivity contribution in [3.05, 3.63) is 48.3 Å². The first-order chi connectivity index (χ1) is 8.22. The van der Waals surface area contributed by atoms with E-state index in [4.69, 9.17) is 4.74 Å². The number of aromatic nitrogens is 2. The topological polar surface area (TPSA) is 47.3 Å². The Hall–Kier alpha value is -1.81. The van der Waals surface area contributed by atoms with Crippen LogP contribution in [0.1, 0.15) is 24.6 Å². The van der Waals surface area contributed by atoms with Crippen LogP contribution in [-0.2, 0) is 0 Å². The quantitative estimate of drug-likeness (QED) is 0.879. The van der Waals surface area contributed by atoms with E-state index in [1.165, 1.54) is 0 Å². The molecule has 90 valence electrons. The summed E-state index contributed by atoms with van der Waals surface area (Å²) in [6.45, 7) is 1.93. The molecule has 4 nitrogen and oxygen atoms in total. The van der Waals surface area contributed by atoms with Gasteiger partial charge in [-0.2, -0.15) is 5.10 Å². The Bertz CT molecular complexity index is 451. The zero-order valence-electron chi connectivity index (χ0n) is 9.95. The van der Waals surface area contributed by atoms with E-state index in [0.29, 0.717) is 0 Å². The van der Waals surface area contributed by atoms with Crippen molar-refractivity contribution < 1.29 is 9.84 Å². The maximum absolute atomic E-state index is 10.2. The first-order valence-corrected chi connectivity index (χ1v) is 5.53. The number of rotatable bonds is 4. The second-order valence-corrected chi connectivity index (χ2v) is 3.94. The Kier molecular flexibility index (Phi) is 3.44. The van der Waals surface area contributed by atoms with E-state index in [1.54, 1.807) is 18.0 Å². The van der Waals surface area contributed by atoms with Gasteiger partial charge in [-0.05, 0) is 30.7 Å². The molecule has 0 radical (unpaired) electrons. The zero-order chi connectivity index (χ0) is 12.3. The third kappa shape index (κ3) is 2.47. The standard InChI is InChI=1S/C13H16N2O2/c1-10(15-9-3-8-14-15)13(16)11-4-6-12(17-2)7-5-11/h3-10,13,16H,1-2H3/t10-,13+/m0/s1. The average molecular weight is 232 g/mol. The summed E-state index contributed by atoms with van der Waals surface area (Å²) in [6.07, 6.45) is 2.97. The van der Waals surface area contributed by atoms with Crippen molar-refractivity contribution in [2.24, 2.45) is 0 Å². The lowest BCUT2D eigenvalue weighted by Gasteiger charge is -2.19. The van der Waals surface area contributed by atoms with E-state index in [1.807, 2.05) is 43.5 Å². The van der Waals surface area contributed by atoms with E-state index in [9.17, 15) is 5.11 Å². The van der Waals surface area contributed by atoms with Crippen LogP contribution in [0.5, 0.6) is 5.75 Å². The molecule has 0 bridgehead atoms. The van der Waals surface area contributed by atoms with E-state index >= 15 is 0 Å². The molecule has 0 fully saturated rings. The predicted octanol–water partition coefficient (Wildman–Crippen LogP) is 2.19. The fourth-order valence-electron chi connectivity index (χ4n) is 1.75. The smallest absolute Gasteiger partial charge is 0.118 e. The lowest BCUT2D eigenvalue weighted by molar-refractivity contribution is 0.115. The normalized spacial score (nSPS) is 14.3. The van der Waals surface area contributed by atoms with E-state index in [0.717, 1.165) is 11.3 Å². The largest absolute Gasteiger partial charge is 0.497 e. The summed E-state index contributed by atoms with van der Waals surface area (Å²) in [6, 6.07) is 9.16. The highest BCUT2D eigenvalue weighted by atomic mass is 16.5. The second-order valence-electron chi connectivity index (χ2n) is 3.94. The molecule has 1 N–H and O–H groups in total. The van der Waals surface area contributed by atoms with E-state index < -0.39 is 6.10 Å². The molecule has 2 atom stereocenters. The molecule has 0 saturated heterocycles. The van der Waals surface area contributed by atoms with Crippen LogP contribution in [0.25, 0.3) is 0 Å². The van der Waals surface area contributed by atoms with Gasteiger partial charge in [0.15, 0.2) is 0 Å². The molecule has 4 heteroatoms. The number of hydrogen-bond acceptors (Lipinski definition) is 3. The van der Waals surface area contributed by atoms with Crippen molar-refractivity contribution in [1.82, 2.24) is 9.78 Å². The first-order valence-electron chi connectivity index (χ1n) is 5.53. The Morgan fingerprint density at radius 2 is 2.00 bits per heavy atom. The van der Waals surface area contributed by atoms with Gasteiger partial charge in [-0.3, -0.25) is 4.68 Å². The Morgan fingerprint density at radius 1 is 1.29 bits per heavy atom. The lowest BCUT2D eigenvalue weighted by atomic mass is 10.0.